The molecule has 21 heavy (non-hydrogen) atoms. The van der Waals surface area contributed by atoms with Crippen molar-refractivity contribution in [2.24, 2.45) is 7.05 Å². The summed E-state index contributed by atoms with van der Waals surface area (Å²) in [5.41, 5.74) is 0.570. The van der Waals surface area contributed by atoms with Crippen molar-refractivity contribution >= 4 is 16.7 Å². The maximum absolute atomic E-state index is 12.5. The third-order valence-electron chi connectivity index (χ3n) is 3.53. The van der Waals surface area contributed by atoms with E-state index in [4.69, 9.17) is 0 Å². The summed E-state index contributed by atoms with van der Waals surface area (Å²) in [5.74, 6) is -0.600. The van der Waals surface area contributed by atoms with Gasteiger partial charge in [0, 0.05) is 7.05 Å². The van der Waals surface area contributed by atoms with E-state index in [1.165, 1.54) is 16.7 Å². The number of rotatable bonds is 2. The molecule has 0 spiro atoms. The van der Waals surface area contributed by atoms with E-state index in [-0.39, 0.29) is 22.4 Å². The fourth-order valence-electron chi connectivity index (χ4n) is 2.40. The van der Waals surface area contributed by atoms with Crippen LogP contribution in [0.3, 0.4) is 0 Å². The van der Waals surface area contributed by atoms with Gasteiger partial charge in [0.05, 0.1) is 16.6 Å². The molecule has 104 valence electrons. The van der Waals surface area contributed by atoms with Gasteiger partial charge in [0.1, 0.15) is 5.75 Å². The highest BCUT2D eigenvalue weighted by Crippen LogP contribution is 2.20. The molecule has 4 heteroatoms. The molecule has 2 aromatic carbocycles. The van der Waals surface area contributed by atoms with Crippen molar-refractivity contribution in [2.45, 2.75) is 0 Å². The molecule has 0 saturated heterocycles. The van der Waals surface area contributed by atoms with Gasteiger partial charge in [-0.1, -0.05) is 30.3 Å². The number of ketones is 1. The van der Waals surface area contributed by atoms with Crippen LogP contribution in [0, 0.1) is 0 Å². The van der Waals surface area contributed by atoms with E-state index in [2.05, 4.69) is 0 Å². The van der Waals surface area contributed by atoms with Crippen molar-refractivity contribution in [1.82, 2.24) is 4.57 Å². The van der Waals surface area contributed by atoms with Crippen LogP contribution < -0.4 is 5.56 Å². The SMILES string of the molecule is Cn1c(=O)c(C(=O)c2ccccc2O)cc2ccccc21. The van der Waals surface area contributed by atoms with Crippen LogP contribution in [-0.4, -0.2) is 15.5 Å². The highest BCUT2D eigenvalue weighted by molar-refractivity contribution is 6.11. The molecule has 3 aromatic rings. The molecule has 0 bridgehead atoms. The Morgan fingerprint density at radius 3 is 2.43 bits per heavy atom. The van der Waals surface area contributed by atoms with Crippen LogP contribution in [0.15, 0.2) is 59.4 Å². The molecule has 3 rings (SSSR count). The van der Waals surface area contributed by atoms with Gasteiger partial charge < -0.3 is 9.67 Å². The average molecular weight is 279 g/mol. The zero-order chi connectivity index (χ0) is 15.0. The molecule has 0 fully saturated rings. The molecule has 0 amide bonds. The number of hydrogen-bond acceptors (Lipinski definition) is 3. The predicted molar refractivity (Wildman–Crippen MR) is 80.7 cm³/mol. The summed E-state index contributed by atoms with van der Waals surface area (Å²) in [6, 6.07) is 15.1. The first-order valence-corrected chi connectivity index (χ1v) is 6.51. The topological polar surface area (TPSA) is 59.3 Å². The first-order valence-electron chi connectivity index (χ1n) is 6.51. The van der Waals surface area contributed by atoms with E-state index < -0.39 is 5.78 Å². The Bertz CT molecular complexity index is 909. The van der Waals surface area contributed by atoms with Gasteiger partial charge in [-0.3, -0.25) is 9.59 Å². The Hall–Kier alpha value is -2.88. The number of aromatic nitrogens is 1. The van der Waals surface area contributed by atoms with Crippen molar-refractivity contribution in [3.63, 3.8) is 0 Å². The number of fused-ring (bicyclic) bond motifs is 1. The normalized spacial score (nSPS) is 10.7. The van der Waals surface area contributed by atoms with Crippen LogP contribution in [-0.2, 0) is 7.05 Å². The predicted octanol–water partition coefficient (Wildman–Crippen LogP) is 2.48. The number of aryl methyl sites for hydroxylation is 1. The smallest absolute Gasteiger partial charge is 0.262 e. The van der Waals surface area contributed by atoms with Crippen molar-refractivity contribution < 1.29 is 9.90 Å². The van der Waals surface area contributed by atoms with E-state index in [1.807, 2.05) is 24.3 Å². The third kappa shape index (κ3) is 2.10. The van der Waals surface area contributed by atoms with Crippen LogP contribution >= 0.6 is 0 Å². The second-order valence-electron chi connectivity index (χ2n) is 4.83. The minimum absolute atomic E-state index is 0.0534. The molecule has 1 heterocycles. The second kappa shape index (κ2) is 4.90. The largest absolute Gasteiger partial charge is 0.507 e. The fourth-order valence-corrected chi connectivity index (χ4v) is 2.40. The van der Waals surface area contributed by atoms with Crippen LogP contribution in [0.4, 0.5) is 0 Å². The standard InChI is InChI=1S/C17H13NO3/c1-18-14-8-4-2-6-11(14)10-13(17(18)21)16(20)12-7-3-5-9-15(12)19/h2-10,19H,1H3. The zero-order valence-corrected chi connectivity index (χ0v) is 11.4. The maximum Gasteiger partial charge on any atom is 0.262 e. The summed E-state index contributed by atoms with van der Waals surface area (Å²) < 4.78 is 1.45. The van der Waals surface area contributed by atoms with Crippen molar-refractivity contribution in [3.8, 4) is 5.75 Å². The third-order valence-corrected chi connectivity index (χ3v) is 3.53. The van der Waals surface area contributed by atoms with Gasteiger partial charge in [0.25, 0.3) is 5.56 Å². The highest BCUT2D eigenvalue weighted by atomic mass is 16.3. The zero-order valence-electron chi connectivity index (χ0n) is 11.4. The van der Waals surface area contributed by atoms with Gasteiger partial charge >= 0.3 is 0 Å². The molecule has 0 aliphatic heterocycles. The molecule has 1 N–H and O–H groups in total. The molecule has 0 aliphatic rings. The van der Waals surface area contributed by atoms with E-state index in [9.17, 15) is 14.7 Å². The van der Waals surface area contributed by atoms with Crippen molar-refractivity contribution in [1.29, 1.82) is 0 Å². The summed E-state index contributed by atoms with van der Waals surface area (Å²) >= 11 is 0. The number of phenols is 1. The minimum atomic E-state index is -0.473. The van der Waals surface area contributed by atoms with Gasteiger partial charge in [0.15, 0.2) is 0 Å². The first kappa shape index (κ1) is 13.1. The Kier molecular flexibility index (Phi) is 3.06. The summed E-state index contributed by atoms with van der Waals surface area (Å²) in [5, 5.41) is 10.6. The lowest BCUT2D eigenvalue weighted by atomic mass is 10.0. The molecular weight excluding hydrogens is 266 g/mol. The van der Waals surface area contributed by atoms with E-state index in [0.717, 1.165) is 10.9 Å². The van der Waals surface area contributed by atoms with Crippen LogP contribution in [0.25, 0.3) is 10.9 Å². The van der Waals surface area contributed by atoms with E-state index >= 15 is 0 Å². The number of nitrogens with zero attached hydrogens (tertiary/aromatic N) is 1. The van der Waals surface area contributed by atoms with Gasteiger partial charge in [-0.25, -0.2) is 0 Å². The highest BCUT2D eigenvalue weighted by Gasteiger charge is 2.18. The van der Waals surface area contributed by atoms with E-state index in [0.29, 0.717) is 0 Å². The summed E-state index contributed by atoms with van der Waals surface area (Å²) in [6.07, 6.45) is 0. The molecule has 0 radical (unpaired) electrons. The minimum Gasteiger partial charge on any atom is -0.507 e. The first-order chi connectivity index (χ1) is 10.1. The number of carbonyl (C=O) groups excluding carboxylic acids is 1. The van der Waals surface area contributed by atoms with Gasteiger partial charge in [0.2, 0.25) is 5.78 Å². The Morgan fingerprint density at radius 1 is 1.00 bits per heavy atom. The molecule has 0 unspecified atom stereocenters. The average Bonchev–Trinajstić information content (AvgIpc) is 2.51. The fraction of sp³-hybridized carbons (Fsp3) is 0.0588. The second-order valence-corrected chi connectivity index (χ2v) is 4.83. The number of pyridine rings is 1. The number of phenolic OH excluding ortho intramolecular Hbond substituents is 1. The Morgan fingerprint density at radius 2 is 1.67 bits per heavy atom. The number of carbonyl (C=O) groups is 1. The van der Waals surface area contributed by atoms with Gasteiger partial charge in [-0.05, 0) is 29.7 Å². The van der Waals surface area contributed by atoms with Crippen LogP contribution in [0.5, 0.6) is 5.75 Å². The Balaban J connectivity index is 2.26. The molecule has 0 aliphatic carbocycles. The van der Waals surface area contributed by atoms with Crippen molar-refractivity contribution in [3.05, 3.63) is 76.1 Å². The molecule has 0 saturated carbocycles. The number of hydrogen-bond donors (Lipinski definition) is 1. The maximum atomic E-state index is 12.5. The van der Waals surface area contributed by atoms with Crippen LogP contribution in [0.1, 0.15) is 15.9 Å². The Labute approximate surface area is 120 Å². The van der Waals surface area contributed by atoms with E-state index in [1.54, 1.807) is 25.2 Å². The van der Waals surface area contributed by atoms with Gasteiger partial charge in [-0.2, -0.15) is 0 Å². The quantitative estimate of drug-likeness (QED) is 0.733. The summed E-state index contributed by atoms with van der Waals surface area (Å²) in [4.78, 5) is 24.9. The molecule has 0 atom stereocenters. The van der Waals surface area contributed by atoms with Crippen molar-refractivity contribution in [2.75, 3.05) is 0 Å². The summed E-state index contributed by atoms with van der Waals surface area (Å²) in [6.45, 7) is 0. The molecular formula is C17H13NO3. The lowest BCUT2D eigenvalue weighted by Crippen LogP contribution is -2.24. The number of para-hydroxylation sites is 2. The van der Waals surface area contributed by atoms with Crippen LogP contribution in [0.2, 0.25) is 0 Å². The molecule has 1 aromatic heterocycles. The monoisotopic (exact) mass is 279 g/mol. The lowest BCUT2D eigenvalue weighted by molar-refractivity contribution is 0.103. The molecule has 4 nitrogen and oxygen atoms in total. The van der Waals surface area contributed by atoms with Gasteiger partial charge in [-0.15, -0.1) is 0 Å². The lowest BCUT2D eigenvalue weighted by Gasteiger charge is -2.08. The number of benzene rings is 2. The number of aromatic hydroxyl groups is 1. The summed E-state index contributed by atoms with van der Waals surface area (Å²) in [7, 11) is 1.63.